The normalized spacial score (nSPS) is 10.3. The van der Waals surface area contributed by atoms with E-state index in [1.165, 1.54) is 0 Å². The lowest BCUT2D eigenvalue weighted by Crippen LogP contribution is -2.25. The monoisotopic (exact) mass is 263 g/mol. The molecule has 0 unspecified atom stereocenters. The van der Waals surface area contributed by atoms with Crippen LogP contribution in [-0.2, 0) is 13.5 Å². The fourth-order valence-corrected chi connectivity index (χ4v) is 1.73. The molecule has 2 aromatic rings. The van der Waals surface area contributed by atoms with E-state index in [0.717, 1.165) is 12.1 Å². The van der Waals surface area contributed by atoms with Crippen LogP contribution in [0.5, 0.6) is 0 Å². The summed E-state index contributed by atoms with van der Waals surface area (Å²) in [5.41, 5.74) is 1.58. The Kier molecular flexibility index (Phi) is 3.99. The van der Waals surface area contributed by atoms with E-state index in [0.29, 0.717) is 17.1 Å². The Bertz CT molecular complexity index is 533. The molecule has 0 bridgehead atoms. The van der Waals surface area contributed by atoms with Gasteiger partial charge in [0.25, 0.3) is 5.91 Å². The van der Waals surface area contributed by atoms with Gasteiger partial charge in [0.05, 0.1) is 12.0 Å². The second kappa shape index (κ2) is 5.69. The molecule has 0 saturated carbocycles. The fourth-order valence-electron chi connectivity index (χ4n) is 1.60. The van der Waals surface area contributed by atoms with Crippen molar-refractivity contribution in [1.82, 2.24) is 14.9 Å². The van der Waals surface area contributed by atoms with E-state index in [1.54, 1.807) is 30.6 Å². The molecule has 1 N–H and O–H groups in total. The van der Waals surface area contributed by atoms with Crippen LogP contribution in [0.25, 0.3) is 0 Å². The van der Waals surface area contributed by atoms with Gasteiger partial charge in [0.2, 0.25) is 0 Å². The van der Waals surface area contributed by atoms with Crippen molar-refractivity contribution in [2.24, 2.45) is 7.05 Å². The van der Waals surface area contributed by atoms with Crippen molar-refractivity contribution in [3.8, 4) is 0 Å². The van der Waals surface area contributed by atoms with Gasteiger partial charge in [-0.3, -0.25) is 4.79 Å². The molecule has 0 aliphatic carbocycles. The Balaban J connectivity index is 1.83. The van der Waals surface area contributed by atoms with E-state index < -0.39 is 0 Å². The van der Waals surface area contributed by atoms with Gasteiger partial charge in [-0.05, 0) is 24.3 Å². The standard InChI is InChI=1S/C13H14ClN3O/c1-17-8-12(16-9-17)6-7-15-13(18)10-2-4-11(14)5-3-10/h2-5,8-9H,6-7H2,1H3,(H,15,18). The highest BCUT2D eigenvalue weighted by atomic mass is 35.5. The summed E-state index contributed by atoms with van der Waals surface area (Å²) in [6.07, 6.45) is 4.41. The van der Waals surface area contributed by atoms with Crippen molar-refractivity contribution >= 4 is 17.5 Å². The van der Waals surface area contributed by atoms with Gasteiger partial charge in [-0.1, -0.05) is 11.6 Å². The van der Waals surface area contributed by atoms with Crippen LogP contribution in [0.1, 0.15) is 16.1 Å². The minimum atomic E-state index is -0.0948. The fraction of sp³-hybridized carbons (Fsp3) is 0.231. The third kappa shape index (κ3) is 3.34. The van der Waals surface area contributed by atoms with Gasteiger partial charge in [0.1, 0.15) is 0 Å². The van der Waals surface area contributed by atoms with Crippen molar-refractivity contribution in [3.63, 3.8) is 0 Å². The number of hydrogen-bond donors (Lipinski definition) is 1. The molecule has 0 fully saturated rings. The van der Waals surface area contributed by atoms with E-state index >= 15 is 0 Å². The lowest BCUT2D eigenvalue weighted by atomic mass is 10.2. The number of imidazole rings is 1. The number of rotatable bonds is 4. The van der Waals surface area contributed by atoms with Gasteiger partial charge in [-0.25, -0.2) is 4.98 Å². The number of aryl methyl sites for hydroxylation is 1. The molecule has 94 valence electrons. The molecular weight excluding hydrogens is 250 g/mol. The summed E-state index contributed by atoms with van der Waals surface area (Å²) in [4.78, 5) is 16.0. The number of hydrogen-bond acceptors (Lipinski definition) is 2. The molecule has 0 saturated heterocycles. The predicted octanol–water partition coefficient (Wildman–Crippen LogP) is 2.05. The molecule has 1 heterocycles. The maximum atomic E-state index is 11.8. The number of benzene rings is 1. The number of nitrogens with zero attached hydrogens (tertiary/aromatic N) is 2. The molecular formula is C13H14ClN3O. The van der Waals surface area contributed by atoms with E-state index in [1.807, 2.05) is 17.8 Å². The Hall–Kier alpha value is -1.81. The highest BCUT2D eigenvalue weighted by molar-refractivity contribution is 6.30. The molecule has 0 atom stereocenters. The first-order valence-corrected chi connectivity index (χ1v) is 6.03. The van der Waals surface area contributed by atoms with Crippen LogP contribution in [0.15, 0.2) is 36.8 Å². The van der Waals surface area contributed by atoms with Crippen molar-refractivity contribution < 1.29 is 4.79 Å². The molecule has 0 aliphatic rings. The summed E-state index contributed by atoms with van der Waals surface area (Å²) in [5, 5.41) is 3.47. The van der Waals surface area contributed by atoms with E-state index in [9.17, 15) is 4.79 Å². The predicted molar refractivity (Wildman–Crippen MR) is 70.7 cm³/mol. The molecule has 0 radical (unpaired) electrons. The van der Waals surface area contributed by atoms with Crippen LogP contribution >= 0.6 is 11.6 Å². The molecule has 0 spiro atoms. The Morgan fingerprint density at radius 2 is 2.11 bits per heavy atom. The molecule has 1 amide bonds. The van der Waals surface area contributed by atoms with Crippen LogP contribution in [0.4, 0.5) is 0 Å². The van der Waals surface area contributed by atoms with Crippen molar-refractivity contribution in [3.05, 3.63) is 53.1 Å². The Labute approximate surface area is 111 Å². The molecule has 0 aliphatic heterocycles. The SMILES string of the molecule is Cn1cnc(CCNC(=O)c2ccc(Cl)cc2)c1. The average Bonchev–Trinajstić information content (AvgIpc) is 2.76. The summed E-state index contributed by atoms with van der Waals surface area (Å²) in [7, 11) is 1.92. The van der Waals surface area contributed by atoms with Crippen LogP contribution in [0.2, 0.25) is 5.02 Å². The lowest BCUT2D eigenvalue weighted by Gasteiger charge is -2.04. The van der Waals surface area contributed by atoms with E-state index in [2.05, 4.69) is 10.3 Å². The second-order valence-electron chi connectivity index (χ2n) is 4.04. The topological polar surface area (TPSA) is 46.9 Å². The summed E-state index contributed by atoms with van der Waals surface area (Å²) in [6, 6.07) is 6.82. The highest BCUT2D eigenvalue weighted by Gasteiger charge is 2.04. The summed E-state index contributed by atoms with van der Waals surface area (Å²) in [5.74, 6) is -0.0948. The zero-order chi connectivity index (χ0) is 13.0. The van der Waals surface area contributed by atoms with Gasteiger partial charge in [0, 0.05) is 36.8 Å². The molecule has 1 aromatic heterocycles. The number of aromatic nitrogens is 2. The van der Waals surface area contributed by atoms with Gasteiger partial charge in [-0.15, -0.1) is 0 Å². The van der Waals surface area contributed by atoms with Crippen molar-refractivity contribution in [1.29, 1.82) is 0 Å². The first-order chi connectivity index (χ1) is 8.65. The van der Waals surface area contributed by atoms with E-state index in [4.69, 9.17) is 11.6 Å². The highest BCUT2D eigenvalue weighted by Crippen LogP contribution is 2.09. The maximum Gasteiger partial charge on any atom is 0.251 e. The number of carbonyl (C=O) groups excluding carboxylic acids is 1. The maximum absolute atomic E-state index is 11.8. The van der Waals surface area contributed by atoms with Crippen LogP contribution < -0.4 is 5.32 Å². The summed E-state index contributed by atoms with van der Waals surface area (Å²) < 4.78 is 1.89. The average molecular weight is 264 g/mol. The summed E-state index contributed by atoms with van der Waals surface area (Å²) >= 11 is 5.76. The lowest BCUT2D eigenvalue weighted by molar-refractivity contribution is 0.0954. The van der Waals surface area contributed by atoms with Crippen molar-refractivity contribution in [2.45, 2.75) is 6.42 Å². The number of carbonyl (C=O) groups is 1. The number of halogens is 1. The second-order valence-corrected chi connectivity index (χ2v) is 4.48. The number of amides is 1. The van der Waals surface area contributed by atoms with Crippen LogP contribution in [-0.4, -0.2) is 22.0 Å². The van der Waals surface area contributed by atoms with Crippen LogP contribution in [0.3, 0.4) is 0 Å². The van der Waals surface area contributed by atoms with Gasteiger partial charge in [-0.2, -0.15) is 0 Å². The molecule has 1 aromatic carbocycles. The van der Waals surface area contributed by atoms with Gasteiger partial charge >= 0.3 is 0 Å². The van der Waals surface area contributed by atoms with E-state index in [-0.39, 0.29) is 5.91 Å². The molecule has 18 heavy (non-hydrogen) atoms. The molecule has 5 heteroatoms. The zero-order valence-electron chi connectivity index (χ0n) is 10.1. The zero-order valence-corrected chi connectivity index (χ0v) is 10.8. The Morgan fingerprint density at radius 3 is 2.72 bits per heavy atom. The minimum Gasteiger partial charge on any atom is -0.352 e. The number of nitrogens with one attached hydrogen (secondary N) is 1. The first-order valence-electron chi connectivity index (χ1n) is 5.66. The van der Waals surface area contributed by atoms with Gasteiger partial charge in [0.15, 0.2) is 0 Å². The summed E-state index contributed by atoms with van der Waals surface area (Å²) in [6.45, 7) is 0.568. The first kappa shape index (κ1) is 12.6. The van der Waals surface area contributed by atoms with Crippen molar-refractivity contribution in [2.75, 3.05) is 6.54 Å². The minimum absolute atomic E-state index is 0.0948. The third-order valence-corrected chi connectivity index (χ3v) is 2.78. The molecule has 4 nitrogen and oxygen atoms in total. The van der Waals surface area contributed by atoms with Gasteiger partial charge < -0.3 is 9.88 Å². The quantitative estimate of drug-likeness (QED) is 0.918. The smallest absolute Gasteiger partial charge is 0.251 e. The largest absolute Gasteiger partial charge is 0.352 e. The third-order valence-electron chi connectivity index (χ3n) is 2.53. The molecule has 2 rings (SSSR count). The van der Waals surface area contributed by atoms with Crippen LogP contribution in [0, 0.1) is 0 Å². The Morgan fingerprint density at radius 1 is 1.39 bits per heavy atom.